The molecule has 1 aromatic rings. The zero-order valence-electron chi connectivity index (χ0n) is 13.2. The summed E-state index contributed by atoms with van der Waals surface area (Å²) in [7, 11) is 0. The van der Waals surface area contributed by atoms with E-state index in [-0.39, 0.29) is 18.7 Å². The lowest BCUT2D eigenvalue weighted by molar-refractivity contribution is 0.115. The number of nitrogens with one attached hydrogen (secondary N) is 1. The lowest BCUT2D eigenvalue weighted by Crippen LogP contribution is -2.47. The molecule has 0 aromatic heterocycles. The van der Waals surface area contributed by atoms with Crippen LogP contribution < -0.4 is 5.32 Å². The summed E-state index contributed by atoms with van der Waals surface area (Å²) >= 11 is 0. The number of hydrogen-bond donors (Lipinski definition) is 2. The predicted molar refractivity (Wildman–Crippen MR) is 85.7 cm³/mol. The van der Waals surface area contributed by atoms with Gasteiger partial charge in [-0.15, -0.1) is 0 Å². The second-order valence-corrected chi connectivity index (χ2v) is 6.18. The van der Waals surface area contributed by atoms with Crippen LogP contribution in [0.25, 0.3) is 0 Å². The van der Waals surface area contributed by atoms with Crippen LogP contribution in [0.1, 0.15) is 50.2 Å². The van der Waals surface area contributed by atoms with E-state index in [1.165, 1.54) is 11.1 Å². The number of hydrogen-bond acceptors (Lipinski definition) is 2. The van der Waals surface area contributed by atoms with Crippen LogP contribution in [0.2, 0.25) is 0 Å². The van der Waals surface area contributed by atoms with Crippen molar-refractivity contribution in [1.82, 2.24) is 4.90 Å². The van der Waals surface area contributed by atoms with E-state index in [0.29, 0.717) is 5.92 Å². The van der Waals surface area contributed by atoms with Gasteiger partial charge < -0.3 is 15.3 Å². The van der Waals surface area contributed by atoms with Gasteiger partial charge in [-0.05, 0) is 55.4 Å². The molecule has 0 bridgehead atoms. The summed E-state index contributed by atoms with van der Waals surface area (Å²) in [6, 6.07) is 5.89. The van der Waals surface area contributed by atoms with Gasteiger partial charge in [0.15, 0.2) is 0 Å². The zero-order valence-corrected chi connectivity index (χ0v) is 13.2. The van der Waals surface area contributed by atoms with Crippen LogP contribution in [-0.4, -0.2) is 35.2 Å². The maximum absolute atomic E-state index is 12.4. The molecule has 0 spiro atoms. The molecule has 1 aliphatic rings. The van der Waals surface area contributed by atoms with Crippen LogP contribution >= 0.6 is 0 Å². The number of aliphatic hydroxyl groups is 1. The fourth-order valence-corrected chi connectivity index (χ4v) is 2.99. The van der Waals surface area contributed by atoms with Gasteiger partial charge in [-0.3, -0.25) is 0 Å². The number of piperidine rings is 1. The summed E-state index contributed by atoms with van der Waals surface area (Å²) in [6.07, 6.45) is 2.97. The second kappa shape index (κ2) is 6.94. The van der Waals surface area contributed by atoms with E-state index >= 15 is 0 Å². The first kappa shape index (κ1) is 15.8. The number of aliphatic hydroxyl groups excluding tert-OH is 1. The molecular formula is C17H26N2O2. The first-order chi connectivity index (χ1) is 10.0. The van der Waals surface area contributed by atoms with Crippen molar-refractivity contribution in [2.24, 2.45) is 0 Å². The molecule has 1 atom stereocenters. The van der Waals surface area contributed by atoms with E-state index in [1.54, 1.807) is 4.90 Å². The molecule has 2 rings (SSSR count). The van der Waals surface area contributed by atoms with Gasteiger partial charge in [-0.25, -0.2) is 4.79 Å². The van der Waals surface area contributed by atoms with Gasteiger partial charge in [0, 0.05) is 12.2 Å². The predicted octanol–water partition coefficient (Wildman–Crippen LogP) is 3.50. The Kier molecular flexibility index (Phi) is 5.23. The van der Waals surface area contributed by atoms with Crippen LogP contribution in [0.4, 0.5) is 10.5 Å². The average molecular weight is 290 g/mol. The molecule has 2 amide bonds. The molecular weight excluding hydrogens is 264 g/mol. The number of carbonyl (C=O) groups excluding carboxylic acids is 1. The molecule has 0 aliphatic carbocycles. The smallest absolute Gasteiger partial charge is 0.322 e. The van der Waals surface area contributed by atoms with Gasteiger partial charge >= 0.3 is 6.03 Å². The Labute approximate surface area is 127 Å². The highest BCUT2D eigenvalue weighted by Crippen LogP contribution is 2.24. The van der Waals surface area contributed by atoms with Crippen molar-refractivity contribution < 1.29 is 9.90 Å². The highest BCUT2D eigenvalue weighted by atomic mass is 16.3. The van der Waals surface area contributed by atoms with Crippen LogP contribution in [0.3, 0.4) is 0 Å². The van der Waals surface area contributed by atoms with E-state index in [1.807, 2.05) is 12.1 Å². The third kappa shape index (κ3) is 3.76. The van der Waals surface area contributed by atoms with Crippen molar-refractivity contribution in [1.29, 1.82) is 0 Å². The molecule has 1 heterocycles. The number of rotatable bonds is 3. The maximum atomic E-state index is 12.4. The van der Waals surface area contributed by atoms with Gasteiger partial charge in [-0.1, -0.05) is 19.9 Å². The number of anilines is 1. The average Bonchev–Trinajstić information content (AvgIpc) is 2.48. The summed E-state index contributed by atoms with van der Waals surface area (Å²) in [5, 5.41) is 12.4. The van der Waals surface area contributed by atoms with Gasteiger partial charge in [-0.2, -0.15) is 0 Å². The molecule has 2 N–H and O–H groups in total. The van der Waals surface area contributed by atoms with Crippen molar-refractivity contribution >= 4 is 11.7 Å². The summed E-state index contributed by atoms with van der Waals surface area (Å²) in [4.78, 5) is 14.2. The SMILES string of the molecule is Cc1ccc(NC(=O)N2CCCC[C@H]2CO)cc1C(C)C. The van der Waals surface area contributed by atoms with Crippen LogP contribution in [0, 0.1) is 6.92 Å². The zero-order chi connectivity index (χ0) is 15.4. The maximum Gasteiger partial charge on any atom is 0.322 e. The summed E-state index contributed by atoms with van der Waals surface area (Å²) in [5.74, 6) is 0.432. The van der Waals surface area contributed by atoms with Crippen molar-refractivity contribution in [2.75, 3.05) is 18.5 Å². The number of benzene rings is 1. The topological polar surface area (TPSA) is 52.6 Å². The quantitative estimate of drug-likeness (QED) is 0.895. The van der Waals surface area contributed by atoms with Crippen molar-refractivity contribution in [2.45, 2.75) is 52.0 Å². The Bertz CT molecular complexity index is 500. The highest BCUT2D eigenvalue weighted by molar-refractivity contribution is 5.89. The normalized spacial score (nSPS) is 18.9. The van der Waals surface area contributed by atoms with Gasteiger partial charge in [0.1, 0.15) is 0 Å². The number of nitrogens with zero attached hydrogens (tertiary/aromatic N) is 1. The molecule has 0 saturated carbocycles. The van der Waals surface area contributed by atoms with E-state index in [4.69, 9.17) is 0 Å². The minimum atomic E-state index is -0.104. The summed E-state index contributed by atoms with van der Waals surface area (Å²) < 4.78 is 0. The van der Waals surface area contributed by atoms with Crippen LogP contribution in [-0.2, 0) is 0 Å². The summed E-state index contributed by atoms with van der Waals surface area (Å²) in [5.41, 5.74) is 3.33. The Morgan fingerprint density at radius 3 is 2.86 bits per heavy atom. The van der Waals surface area contributed by atoms with E-state index in [0.717, 1.165) is 31.5 Å². The first-order valence-corrected chi connectivity index (χ1v) is 7.82. The molecule has 1 aliphatic heterocycles. The van der Waals surface area contributed by atoms with Gasteiger partial charge in [0.05, 0.1) is 12.6 Å². The van der Waals surface area contributed by atoms with E-state index in [9.17, 15) is 9.90 Å². The minimum absolute atomic E-state index is 0.0402. The largest absolute Gasteiger partial charge is 0.394 e. The Morgan fingerprint density at radius 2 is 2.19 bits per heavy atom. The highest BCUT2D eigenvalue weighted by Gasteiger charge is 2.26. The molecule has 1 saturated heterocycles. The second-order valence-electron chi connectivity index (χ2n) is 6.18. The molecule has 0 unspecified atom stereocenters. The molecule has 4 nitrogen and oxygen atoms in total. The van der Waals surface area contributed by atoms with E-state index in [2.05, 4.69) is 32.2 Å². The monoisotopic (exact) mass is 290 g/mol. The standard InChI is InChI=1S/C17H26N2O2/c1-12(2)16-10-14(8-7-13(16)3)18-17(21)19-9-5-4-6-15(19)11-20/h7-8,10,12,15,20H,4-6,9,11H2,1-3H3,(H,18,21)/t15-/m0/s1. The fraction of sp³-hybridized carbons (Fsp3) is 0.588. The Hall–Kier alpha value is -1.55. The lowest BCUT2D eigenvalue weighted by Gasteiger charge is -2.34. The number of amides is 2. The molecule has 21 heavy (non-hydrogen) atoms. The number of likely N-dealkylation sites (tertiary alicyclic amines) is 1. The Balaban J connectivity index is 2.10. The molecule has 116 valence electrons. The Morgan fingerprint density at radius 1 is 1.43 bits per heavy atom. The molecule has 1 aromatic carbocycles. The van der Waals surface area contributed by atoms with Gasteiger partial charge in [0.2, 0.25) is 0 Å². The van der Waals surface area contributed by atoms with Crippen molar-refractivity contribution in [3.05, 3.63) is 29.3 Å². The van der Waals surface area contributed by atoms with Crippen molar-refractivity contribution in [3.63, 3.8) is 0 Å². The van der Waals surface area contributed by atoms with Crippen LogP contribution in [0.15, 0.2) is 18.2 Å². The number of aryl methyl sites for hydroxylation is 1. The fourth-order valence-electron chi connectivity index (χ4n) is 2.99. The van der Waals surface area contributed by atoms with Crippen molar-refractivity contribution in [3.8, 4) is 0 Å². The molecule has 1 fully saturated rings. The number of carbonyl (C=O) groups is 1. The third-order valence-electron chi connectivity index (χ3n) is 4.25. The minimum Gasteiger partial charge on any atom is -0.394 e. The first-order valence-electron chi connectivity index (χ1n) is 7.82. The molecule has 0 radical (unpaired) electrons. The third-order valence-corrected chi connectivity index (χ3v) is 4.25. The number of urea groups is 1. The van der Waals surface area contributed by atoms with Crippen LogP contribution in [0.5, 0.6) is 0 Å². The van der Waals surface area contributed by atoms with Gasteiger partial charge in [0.25, 0.3) is 0 Å². The molecule has 4 heteroatoms. The van der Waals surface area contributed by atoms with E-state index < -0.39 is 0 Å². The lowest BCUT2D eigenvalue weighted by atomic mass is 9.97. The summed E-state index contributed by atoms with van der Waals surface area (Å²) in [6.45, 7) is 7.16.